The molecule has 26 heavy (non-hydrogen) atoms. The van der Waals surface area contributed by atoms with Crippen molar-refractivity contribution in [3.8, 4) is 0 Å². The highest BCUT2D eigenvalue weighted by molar-refractivity contribution is 5.99. The van der Waals surface area contributed by atoms with Gasteiger partial charge in [0.15, 0.2) is 6.10 Å². The van der Waals surface area contributed by atoms with Crippen molar-refractivity contribution in [3.63, 3.8) is 0 Å². The number of carboxylic acids is 1. The quantitative estimate of drug-likeness (QED) is 0.790. The number of carboxylic acid groups (broad SMARTS) is 1. The van der Waals surface area contributed by atoms with Gasteiger partial charge in [-0.3, -0.25) is 9.59 Å². The van der Waals surface area contributed by atoms with Crippen LogP contribution in [0.3, 0.4) is 0 Å². The molecule has 2 rings (SSSR count). The summed E-state index contributed by atoms with van der Waals surface area (Å²) in [5.41, 5.74) is -1.41. The van der Waals surface area contributed by atoms with Crippen molar-refractivity contribution in [3.05, 3.63) is 29.3 Å². The van der Waals surface area contributed by atoms with Crippen LogP contribution in [0.4, 0.5) is 18.9 Å². The molecule has 142 valence electrons. The van der Waals surface area contributed by atoms with Gasteiger partial charge in [0.25, 0.3) is 5.91 Å². The van der Waals surface area contributed by atoms with Crippen LogP contribution < -0.4 is 10.2 Å². The summed E-state index contributed by atoms with van der Waals surface area (Å²) >= 11 is 0. The Balaban J connectivity index is 2.30. The minimum Gasteiger partial charge on any atom is -0.479 e. The van der Waals surface area contributed by atoms with Gasteiger partial charge in [0.1, 0.15) is 0 Å². The molecule has 0 bridgehead atoms. The normalized spacial score (nSPS) is 15.8. The molecule has 1 fully saturated rings. The highest BCUT2D eigenvalue weighted by Crippen LogP contribution is 2.34. The van der Waals surface area contributed by atoms with E-state index >= 15 is 0 Å². The molecule has 2 N–H and O–H groups in total. The SMILES string of the molecule is COC(CNC(=O)c1cc(N2CCCC2=O)cc(C(F)(F)F)c1)C(=O)O. The van der Waals surface area contributed by atoms with Crippen LogP contribution in [0.1, 0.15) is 28.8 Å². The summed E-state index contributed by atoms with van der Waals surface area (Å²) in [6, 6.07) is 2.65. The number of nitrogens with one attached hydrogen (secondary N) is 1. The maximum Gasteiger partial charge on any atom is 0.416 e. The van der Waals surface area contributed by atoms with E-state index in [-0.39, 0.29) is 30.1 Å². The molecule has 1 aliphatic rings. The zero-order valence-electron chi connectivity index (χ0n) is 13.8. The molecule has 1 aromatic carbocycles. The van der Waals surface area contributed by atoms with E-state index in [0.29, 0.717) is 12.5 Å². The molecule has 1 unspecified atom stereocenters. The van der Waals surface area contributed by atoms with E-state index in [2.05, 4.69) is 10.1 Å². The minimum atomic E-state index is -4.70. The predicted octanol–water partition coefficient (Wildman–Crippen LogP) is 1.66. The van der Waals surface area contributed by atoms with Crippen molar-refractivity contribution in [2.75, 3.05) is 25.1 Å². The maximum absolute atomic E-state index is 13.1. The topological polar surface area (TPSA) is 95.9 Å². The second-order valence-corrected chi connectivity index (χ2v) is 5.69. The number of halogens is 3. The van der Waals surface area contributed by atoms with Crippen LogP contribution in [0.15, 0.2) is 18.2 Å². The lowest BCUT2D eigenvalue weighted by molar-refractivity contribution is -0.148. The number of alkyl halides is 3. The molecule has 1 atom stereocenters. The van der Waals surface area contributed by atoms with Crippen molar-refractivity contribution in [1.29, 1.82) is 0 Å². The van der Waals surface area contributed by atoms with Crippen LogP contribution in [-0.2, 0) is 20.5 Å². The predicted molar refractivity (Wildman–Crippen MR) is 83.8 cm³/mol. The third-order valence-electron chi connectivity index (χ3n) is 3.90. The van der Waals surface area contributed by atoms with Crippen LogP contribution in [0.25, 0.3) is 0 Å². The van der Waals surface area contributed by atoms with Crippen LogP contribution in [0, 0.1) is 0 Å². The Labute approximate surface area is 146 Å². The summed E-state index contributed by atoms with van der Waals surface area (Å²) in [6.07, 6.45) is -5.29. The van der Waals surface area contributed by atoms with Gasteiger partial charge in [0.05, 0.1) is 12.1 Å². The Morgan fingerprint density at radius 1 is 1.35 bits per heavy atom. The lowest BCUT2D eigenvalue weighted by Crippen LogP contribution is -2.38. The fraction of sp³-hybridized carbons (Fsp3) is 0.438. The molecule has 7 nitrogen and oxygen atoms in total. The van der Waals surface area contributed by atoms with Crippen molar-refractivity contribution < 1.29 is 37.4 Å². The Bertz CT molecular complexity index is 720. The van der Waals surface area contributed by atoms with E-state index in [9.17, 15) is 27.6 Å². The molecule has 1 saturated heterocycles. The Morgan fingerprint density at radius 2 is 2.04 bits per heavy atom. The number of benzene rings is 1. The van der Waals surface area contributed by atoms with E-state index in [4.69, 9.17) is 5.11 Å². The summed E-state index contributed by atoms with van der Waals surface area (Å²) in [4.78, 5) is 36.0. The van der Waals surface area contributed by atoms with E-state index in [0.717, 1.165) is 13.2 Å². The summed E-state index contributed by atoms with van der Waals surface area (Å²) in [5.74, 6) is -2.53. The first-order valence-electron chi connectivity index (χ1n) is 7.70. The third-order valence-corrected chi connectivity index (χ3v) is 3.90. The van der Waals surface area contributed by atoms with Gasteiger partial charge in [0.2, 0.25) is 5.91 Å². The highest BCUT2D eigenvalue weighted by Gasteiger charge is 2.33. The lowest BCUT2D eigenvalue weighted by atomic mass is 10.1. The smallest absolute Gasteiger partial charge is 0.416 e. The van der Waals surface area contributed by atoms with E-state index in [1.807, 2.05) is 0 Å². The number of amides is 2. The zero-order chi connectivity index (χ0) is 19.5. The number of nitrogens with zero attached hydrogens (tertiary/aromatic N) is 1. The average Bonchev–Trinajstić information content (AvgIpc) is 2.99. The first-order chi connectivity index (χ1) is 12.1. The summed E-state index contributed by atoms with van der Waals surface area (Å²) in [5, 5.41) is 11.1. The number of ether oxygens (including phenoxy) is 1. The highest BCUT2D eigenvalue weighted by atomic mass is 19.4. The number of aliphatic carboxylic acids is 1. The van der Waals surface area contributed by atoms with Gasteiger partial charge in [-0.15, -0.1) is 0 Å². The Morgan fingerprint density at radius 3 is 2.54 bits per heavy atom. The fourth-order valence-corrected chi connectivity index (χ4v) is 2.54. The largest absolute Gasteiger partial charge is 0.479 e. The molecule has 1 aliphatic heterocycles. The van der Waals surface area contributed by atoms with Gasteiger partial charge >= 0.3 is 12.1 Å². The van der Waals surface area contributed by atoms with Crippen molar-refractivity contribution >= 4 is 23.5 Å². The van der Waals surface area contributed by atoms with Crippen molar-refractivity contribution in [2.45, 2.75) is 25.1 Å². The molecule has 0 aliphatic carbocycles. The first-order valence-corrected chi connectivity index (χ1v) is 7.70. The molecule has 2 amide bonds. The van der Waals surface area contributed by atoms with Crippen molar-refractivity contribution in [2.24, 2.45) is 0 Å². The Hall–Kier alpha value is -2.62. The molecule has 0 radical (unpaired) electrons. The molecule has 0 aromatic heterocycles. The summed E-state index contributed by atoms with van der Waals surface area (Å²) < 4.78 is 44.1. The van der Waals surface area contributed by atoms with Crippen LogP contribution in [0.5, 0.6) is 0 Å². The van der Waals surface area contributed by atoms with Gasteiger partial charge in [-0.05, 0) is 24.6 Å². The lowest BCUT2D eigenvalue weighted by Gasteiger charge is -2.19. The minimum absolute atomic E-state index is 0.0194. The molecule has 1 aromatic rings. The van der Waals surface area contributed by atoms with E-state index in [1.54, 1.807) is 0 Å². The summed E-state index contributed by atoms with van der Waals surface area (Å²) in [7, 11) is 1.13. The number of carbonyl (C=O) groups is 3. The molecular weight excluding hydrogens is 357 g/mol. The van der Waals surface area contributed by atoms with E-state index in [1.165, 1.54) is 11.0 Å². The van der Waals surface area contributed by atoms with Gasteiger partial charge in [0, 0.05) is 31.3 Å². The van der Waals surface area contributed by atoms with Gasteiger partial charge in [-0.1, -0.05) is 0 Å². The van der Waals surface area contributed by atoms with E-state index < -0.39 is 36.3 Å². The number of rotatable bonds is 6. The van der Waals surface area contributed by atoms with Crippen LogP contribution >= 0.6 is 0 Å². The first kappa shape index (κ1) is 19.7. The molecular formula is C16H17F3N2O5. The standard InChI is InChI=1S/C16H17F3N2O5/c1-26-12(15(24)25)8-20-14(23)9-5-10(16(17,18)19)7-11(6-9)21-4-2-3-13(21)22/h5-7,12H,2-4,8H2,1H3,(H,20,23)(H,24,25). The monoisotopic (exact) mass is 374 g/mol. The molecule has 10 heteroatoms. The molecule has 1 heterocycles. The van der Waals surface area contributed by atoms with Crippen LogP contribution in [0.2, 0.25) is 0 Å². The molecule has 0 spiro atoms. The fourth-order valence-electron chi connectivity index (χ4n) is 2.54. The molecule has 0 saturated carbocycles. The number of methoxy groups -OCH3 is 1. The maximum atomic E-state index is 13.1. The van der Waals surface area contributed by atoms with Crippen LogP contribution in [-0.4, -0.2) is 49.2 Å². The number of hydrogen-bond acceptors (Lipinski definition) is 4. The number of hydrogen-bond donors (Lipinski definition) is 2. The summed E-state index contributed by atoms with van der Waals surface area (Å²) in [6.45, 7) is -0.148. The van der Waals surface area contributed by atoms with Crippen molar-refractivity contribution in [1.82, 2.24) is 5.32 Å². The second-order valence-electron chi connectivity index (χ2n) is 5.69. The third kappa shape index (κ3) is 4.51. The van der Waals surface area contributed by atoms with Gasteiger partial charge < -0.3 is 20.1 Å². The number of anilines is 1. The second kappa shape index (κ2) is 7.73. The van der Waals surface area contributed by atoms with Gasteiger partial charge in [-0.2, -0.15) is 13.2 Å². The Kier molecular flexibility index (Phi) is 5.86. The zero-order valence-corrected chi connectivity index (χ0v) is 13.8. The van der Waals surface area contributed by atoms with Gasteiger partial charge in [-0.25, -0.2) is 4.79 Å². The average molecular weight is 374 g/mol. The number of carbonyl (C=O) groups excluding carboxylic acids is 2.